The minimum Gasteiger partial charge on any atom is -0.508 e. The van der Waals surface area contributed by atoms with Crippen molar-refractivity contribution in [2.45, 2.75) is 6.42 Å². The Hall–Kier alpha value is -0.990. The minimum atomic E-state index is 0.304. The first-order chi connectivity index (χ1) is 7.66. The van der Waals surface area contributed by atoms with Crippen LogP contribution in [0.25, 0.3) is 0 Å². The third kappa shape index (κ3) is 2.57. The van der Waals surface area contributed by atoms with Crippen LogP contribution in [0, 0.1) is 0 Å². The van der Waals surface area contributed by atoms with Crippen LogP contribution in [0.3, 0.4) is 0 Å². The number of halogens is 2. The van der Waals surface area contributed by atoms with Crippen LogP contribution in [-0.2, 0) is 6.42 Å². The van der Waals surface area contributed by atoms with E-state index in [0.29, 0.717) is 17.2 Å². The maximum Gasteiger partial charge on any atom is 0.119 e. The van der Waals surface area contributed by atoms with E-state index in [1.54, 1.807) is 12.1 Å². The smallest absolute Gasteiger partial charge is 0.119 e. The zero-order chi connectivity index (χ0) is 11.5. The Labute approximate surface area is 108 Å². The molecule has 2 aromatic carbocycles. The van der Waals surface area contributed by atoms with Crippen LogP contribution in [0.1, 0.15) is 11.1 Å². The standard InChI is InChI=1S/C13H10BrClO/c14-11-5-6-12(15)10(8-11)7-9-3-1-2-4-13(9)16/h1-6,8,16H,7H2. The summed E-state index contributed by atoms with van der Waals surface area (Å²) in [5.41, 5.74) is 1.88. The van der Waals surface area contributed by atoms with E-state index < -0.39 is 0 Å². The highest BCUT2D eigenvalue weighted by molar-refractivity contribution is 9.10. The zero-order valence-corrected chi connectivity index (χ0v) is 10.8. The van der Waals surface area contributed by atoms with Crippen LogP contribution < -0.4 is 0 Å². The molecule has 2 rings (SSSR count). The molecule has 0 aliphatic carbocycles. The monoisotopic (exact) mass is 296 g/mol. The Kier molecular flexibility index (Phi) is 3.52. The van der Waals surface area contributed by atoms with Gasteiger partial charge in [-0.15, -0.1) is 0 Å². The molecule has 0 aromatic heterocycles. The number of rotatable bonds is 2. The van der Waals surface area contributed by atoms with Crippen molar-refractivity contribution < 1.29 is 5.11 Å². The van der Waals surface area contributed by atoms with Crippen LogP contribution in [0.15, 0.2) is 46.9 Å². The molecule has 0 aliphatic heterocycles. The lowest BCUT2D eigenvalue weighted by molar-refractivity contribution is 0.469. The van der Waals surface area contributed by atoms with E-state index in [-0.39, 0.29) is 0 Å². The van der Waals surface area contributed by atoms with Gasteiger partial charge in [-0.3, -0.25) is 0 Å². The molecule has 16 heavy (non-hydrogen) atoms. The SMILES string of the molecule is Oc1ccccc1Cc1cc(Br)ccc1Cl. The summed E-state index contributed by atoms with van der Waals surface area (Å²) in [7, 11) is 0. The van der Waals surface area contributed by atoms with E-state index in [2.05, 4.69) is 15.9 Å². The van der Waals surface area contributed by atoms with Gasteiger partial charge in [-0.1, -0.05) is 45.7 Å². The Morgan fingerprint density at radius 2 is 1.81 bits per heavy atom. The van der Waals surface area contributed by atoms with Crippen molar-refractivity contribution in [2.24, 2.45) is 0 Å². The lowest BCUT2D eigenvalue weighted by atomic mass is 10.0. The molecule has 0 bridgehead atoms. The number of hydrogen-bond donors (Lipinski definition) is 1. The number of benzene rings is 2. The summed E-state index contributed by atoms with van der Waals surface area (Å²) in [6, 6.07) is 13.0. The second-order valence-electron chi connectivity index (χ2n) is 3.54. The van der Waals surface area contributed by atoms with E-state index in [4.69, 9.17) is 11.6 Å². The van der Waals surface area contributed by atoms with Crippen molar-refractivity contribution in [2.75, 3.05) is 0 Å². The number of para-hydroxylation sites is 1. The van der Waals surface area contributed by atoms with Gasteiger partial charge in [-0.2, -0.15) is 0 Å². The fraction of sp³-hybridized carbons (Fsp3) is 0.0769. The molecule has 0 atom stereocenters. The Balaban J connectivity index is 2.34. The number of aromatic hydroxyl groups is 1. The maximum absolute atomic E-state index is 9.68. The van der Waals surface area contributed by atoms with Gasteiger partial charge in [-0.05, 0) is 35.4 Å². The molecule has 82 valence electrons. The second-order valence-corrected chi connectivity index (χ2v) is 4.86. The molecule has 0 spiro atoms. The van der Waals surface area contributed by atoms with Crippen molar-refractivity contribution in [3.63, 3.8) is 0 Å². The molecule has 0 unspecified atom stereocenters. The lowest BCUT2D eigenvalue weighted by Gasteiger charge is -2.06. The van der Waals surface area contributed by atoms with Crippen LogP contribution in [0.5, 0.6) is 5.75 Å². The van der Waals surface area contributed by atoms with Crippen molar-refractivity contribution in [1.82, 2.24) is 0 Å². The summed E-state index contributed by atoms with van der Waals surface area (Å²) in [5, 5.41) is 10.4. The average Bonchev–Trinajstić information content (AvgIpc) is 2.27. The molecule has 2 aromatic rings. The first-order valence-corrected chi connectivity index (χ1v) is 6.05. The van der Waals surface area contributed by atoms with E-state index in [0.717, 1.165) is 15.6 Å². The highest BCUT2D eigenvalue weighted by Crippen LogP contribution is 2.26. The second kappa shape index (κ2) is 4.89. The summed E-state index contributed by atoms with van der Waals surface area (Å²) < 4.78 is 0.988. The molecular weight excluding hydrogens is 287 g/mol. The normalized spacial score (nSPS) is 10.4. The topological polar surface area (TPSA) is 20.2 Å². The molecule has 0 heterocycles. The van der Waals surface area contributed by atoms with Crippen molar-refractivity contribution in [1.29, 1.82) is 0 Å². The van der Waals surface area contributed by atoms with E-state index in [1.807, 2.05) is 30.3 Å². The van der Waals surface area contributed by atoms with Gasteiger partial charge in [0.15, 0.2) is 0 Å². The van der Waals surface area contributed by atoms with Gasteiger partial charge >= 0.3 is 0 Å². The van der Waals surface area contributed by atoms with Gasteiger partial charge in [0.25, 0.3) is 0 Å². The minimum absolute atomic E-state index is 0.304. The van der Waals surface area contributed by atoms with E-state index in [1.165, 1.54) is 0 Å². The van der Waals surface area contributed by atoms with Gasteiger partial charge in [-0.25, -0.2) is 0 Å². The Morgan fingerprint density at radius 1 is 1.06 bits per heavy atom. The van der Waals surface area contributed by atoms with Gasteiger partial charge in [0.05, 0.1) is 0 Å². The first kappa shape index (κ1) is 11.5. The number of phenols is 1. The molecule has 0 saturated carbocycles. The molecule has 0 radical (unpaired) electrons. The van der Waals surface area contributed by atoms with E-state index in [9.17, 15) is 5.11 Å². The summed E-state index contributed by atoms with van der Waals surface area (Å²) in [6.45, 7) is 0. The largest absolute Gasteiger partial charge is 0.508 e. The van der Waals surface area contributed by atoms with E-state index >= 15 is 0 Å². The fourth-order valence-corrected chi connectivity index (χ4v) is 2.14. The van der Waals surface area contributed by atoms with Crippen LogP contribution in [-0.4, -0.2) is 5.11 Å². The fourth-order valence-electron chi connectivity index (χ4n) is 1.54. The molecule has 3 heteroatoms. The zero-order valence-electron chi connectivity index (χ0n) is 8.45. The summed E-state index contributed by atoms with van der Waals surface area (Å²) >= 11 is 9.50. The van der Waals surface area contributed by atoms with Gasteiger partial charge in [0, 0.05) is 15.9 Å². The number of hydrogen-bond acceptors (Lipinski definition) is 1. The predicted molar refractivity (Wildman–Crippen MR) is 70.1 cm³/mol. The molecule has 0 aliphatic rings. The Bertz CT molecular complexity index is 511. The third-order valence-corrected chi connectivity index (χ3v) is 3.24. The summed E-state index contributed by atoms with van der Waals surface area (Å²) in [6.07, 6.45) is 0.630. The van der Waals surface area contributed by atoms with Crippen molar-refractivity contribution >= 4 is 27.5 Å². The van der Waals surface area contributed by atoms with Crippen LogP contribution in [0.2, 0.25) is 5.02 Å². The van der Waals surface area contributed by atoms with Crippen LogP contribution >= 0.6 is 27.5 Å². The lowest BCUT2D eigenvalue weighted by Crippen LogP contribution is -1.90. The average molecular weight is 298 g/mol. The number of phenolic OH excluding ortho intramolecular Hbond substituents is 1. The molecule has 0 saturated heterocycles. The van der Waals surface area contributed by atoms with Crippen molar-refractivity contribution in [3.8, 4) is 5.75 Å². The van der Waals surface area contributed by atoms with Crippen molar-refractivity contribution in [3.05, 3.63) is 63.1 Å². The first-order valence-electron chi connectivity index (χ1n) is 4.87. The highest BCUT2D eigenvalue weighted by atomic mass is 79.9. The summed E-state index contributed by atoms with van der Waals surface area (Å²) in [5.74, 6) is 0.304. The quantitative estimate of drug-likeness (QED) is 0.871. The molecule has 1 N–H and O–H groups in total. The Morgan fingerprint density at radius 3 is 2.56 bits per heavy atom. The predicted octanol–water partition coefficient (Wildman–Crippen LogP) is 4.40. The molecule has 0 amide bonds. The highest BCUT2D eigenvalue weighted by Gasteiger charge is 2.05. The molecular formula is C13H10BrClO. The molecule has 0 fully saturated rings. The molecule has 1 nitrogen and oxygen atoms in total. The van der Waals surface area contributed by atoms with Crippen LogP contribution in [0.4, 0.5) is 0 Å². The summed E-state index contributed by atoms with van der Waals surface area (Å²) in [4.78, 5) is 0. The third-order valence-electron chi connectivity index (χ3n) is 2.38. The van der Waals surface area contributed by atoms with Gasteiger partial charge in [0.1, 0.15) is 5.75 Å². The van der Waals surface area contributed by atoms with Gasteiger partial charge < -0.3 is 5.11 Å². The van der Waals surface area contributed by atoms with Gasteiger partial charge in [0.2, 0.25) is 0 Å². The maximum atomic E-state index is 9.68.